The van der Waals surface area contributed by atoms with Crippen molar-refractivity contribution in [3.8, 4) is 22.5 Å². The molecular weight excluding hydrogens is 486 g/mol. The average Bonchev–Trinajstić information content (AvgIpc) is 3.37. The number of aromatic nitrogens is 5. The number of ether oxygens (including phenoxy) is 1. The summed E-state index contributed by atoms with van der Waals surface area (Å²) in [6.07, 6.45) is 7.15. The number of pyridine rings is 2. The predicted molar refractivity (Wildman–Crippen MR) is 144 cm³/mol. The van der Waals surface area contributed by atoms with Gasteiger partial charge in [0.2, 0.25) is 0 Å². The molecule has 0 aliphatic rings. The lowest BCUT2D eigenvalue weighted by Gasteiger charge is -2.12. The van der Waals surface area contributed by atoms with Gasteiger partial charge in [0.15, 0.2) is 11.6 Å². The Kier molecular flexibility index (Phi) is 7.68. The lowest BCUT2D eigenvalue weighted by Crippen LogP contribution is -2.19. The van der Waals surface area contributed by atoms with E-state index >= 15 is 0 Å². The van der Waals surface area contributed by atoms with Crippen molar-refractivity contribution in [3.63, 3.8) is 0 Å². The average molecular weight is 512 g/mol. The van der Waals surface area contributed by atoms with Crippen LogP contribution in [0.3, 0.4) is 0 Å². The van der Waals surface area contributed by atoms with Gasteiger partial charge >= 0.3 is 5.97 Å². The number of nitrogens with one attached hydrogen (secondary N) is 2. The van der Waals surface area contributed by atoms with Crippen molar-refractivity contribution in [2.45, 2.75) is 18.4 Å². The van der Waals surface area contributed by atoms with Gasteiger partial charge in [-0.1, -0.05) is 36.4 Å². The number of carbonyl (C=O) groups is 1. The molecule has 0 saturated carbocycles. The van der Waals surface area contributed by atoms with Crippen LogP contribution in [0.4, 0.5) is 5.82 Å². The van der Waals surface area contributed by atoms with Gasteiger partial charge in [0.25, 0.3) is 0 Å². The van der Waals surface area contributed by atoms with Gasteiger partial charge in [0.1, 0.15) is 12.1 Å². The molecule has 9 nitrogen and oxygen atoms in total. The van der Waals surface area contributed by atoms with Crippen LogP contribution >= 0.6 is 11.9 Å². The number of hydrogen-bond donors (Lipinski definition) is 2. The Labute approximate surface area is 218 Å². The predicted octanol–water partition coefficient (Wildman–Crippen LogP) is 4.63. The number of benzene rings is 1. The van der Waals surface area contributed by atoms with Gasteiger partial charge in [-0.2, -0.15) is 0 Å². The normalized spacial score (nSPS) is 10.9. The van der Waals surface area contributed by atoms with Gasteiger partial charge in [-0.25, -0.2) is 14.2 Å². The van der Waals surface area contributed by atoms with E-state index in [1.165, 1.54) is 11.9 Å². The fourth-order valence-corrected chi connectivity index (χ4v) is 4.44. The number of carbonyl (C=O) groups excluding carboxylic acids is 1. The molecule has 0 saturated heterocycles. The number of anilines is 1. The third-order valence-corrected chi connectivity index (χ3v) is 6.19. The molecule has 186 valence electrons. The third kappa shape index (κ3) is 5.93. The Hall–Kier alpha value is -4.28. The van der Waals surface area contributed by atoms with E-state index in [0.29, 0.717) is 24.8 Å². The van der Waals surface area contributed by atoms with Crippen LogP contribution < -0.4 is 10.0 Å². The lowest BCUT2D eigenvalue weighted by atomic mass is 10.1. The number of esters is 1. The van der Waals surface area contributed by atoms with E-state index in [1.54, 1.807) is 25.5 Å². The van der Waals surface area contributed by atoms with Crippen LogP contribution in [0.15, 0.2) is 90.3 Å². The fraction of sp³-hybridized carbons (Fsp3) is 0.148. The molecule has 0 atom stereocenters. The molecule has 2 N–H and O–H groups in total. The molecule has 5 rings (SSSR count). The Morgan fingerprint density at radius 3 is 2.73 bits per heavy atom. The highest BCUT2D eigenvalue weighted by molar-refractivity contribution is 7.97. The van der Waals surface area contributed by atoms with Gasteiger partial charge in [0.05, 0.1) is 18.8 Å². The molecule has 0 spiro atoms. The van der Waals surface area contributed by atoms with Gasteiger partial charge < -0.3 is 10.1 Å². The highest BCUT2D eigenvalue weighted by Gasteiger charge is 2.16. The standard InChI is InChI=1S/C27H25N7O2S/c1-2-36-24(35)18-31-37-22-14-20(15-28-17-22)26-32-27(30-16-21-10-6-7-12-29-21)25-23(11-13-34(25)33-26)19-8-4-3-5-9-19/h3-15,17,31H,2,16,18H2,1H3,(H,30,32,33). The van der Waals surface area contributed by atoms with Crippen molar-refractivity contribution < 1.29 is 9.53 Å². The third-order valence-electron chi connectivity index (χ3n) is 5.44. The molecule has 1 aromatic carbocycles. The molecule has 10 heteroatoms. The zero-order valence-corrected chi connectivity index (χ0v) is 21.0. The molecule has 5 aromatic rings. The maximum absolute atomic E-state index is 11.6. The van der Waals surface area contributed by atoms with Crippen molar-refractivity contribution in [2.24, 2.45) is 0 Å². The maximum atomic E-state index is 11.6. The topological polar surface area (TPSA) is 106 Å². The first-order chi connectivity index (χ1) is 18.2. The molecular formula is C27H25N7O2S. The van der Waals surface area contributed by atoms with Crippen LogP contribution in [0, 0.1) is 0 Å². The van der Waals surface area contributed by atoms with Crippen LogP contribution in [0.1, 0.15) is 12.6 Å². The summed E-state index contributed by atoms with van der Waals surface area (Å²) in [7, 11) is 0. The summed E-state index contributed by atoms with van der Waals surface area (Å²) in [5.41, 5.74) is 4.64. The second kappa shape index (κ2) is 11.6. The van der Waals surface area contributed by atoms with Gasteiger partial charge in [0, 0.05) is 40.8 Å². The second-order valence-corrected chi connectivity index (χ2v) is 8.95. The summed E-state index contributed by atoms with van der Waals surface area (Å²) >= 11 is 1.30. The van der Waals surface area contributed by atoms with E-state index in [-0.39, 0.29) is 12.5 Å². The van der Waals surface area contributed by atoms with Crippen molar-refractivity contribution in [1.29, 1.82) is 0 Å². The molecule has 0 fully saturated rings. The lowest BCUT2D eigenvalue weighted by molar-refractivity contribution is -0.141. The van der Waals surface area contributed by atoms with Crippen LogP contribution in [0.25, 0.3) is 28.0 Å². The van der Waals surface area contributed by atoms with Crippen LogP contribution in [0.5, 0.6) is 0 Å². The monoisotopic (exact) mass is 511 g/mol. The SMILES string of the molecule is CCOC(=O)CNSc1cncc(-c2nc(NCc3ccccn3)c3c(-c4ccccc4)ccn3n2)c1. The van der Waals surface area contributed by atoms with Crippen molar-refractivity contribution in [2.75, 3.05) is 18.5 Å². The fourth-order valence-electron chi connectivity index (χ4n) is 3.79. The van der Waals surface area contributed by atoms with E-state index in [0.717, 1.165) is 32.8 Å². The molecule has 0 aliphatic carbocycles. The summed E-state index contributed by atoms with van der Waals surface area (Å²) in [6.45, 7) is 2.74. The van der Waals surface area contributed by atoms with Crippen LogP contribution in [0.2, 0.25) is 0 Å². The van der Waals surface area contributed by atoms with Gasteiger partial charge in [-0.05, 0) is 48.7 Å². The molecule has 4 heterocycles. The highest BCUT2D eigenvalue weighted by atomic mass is 32.2. The number of fused-ring (bicyclic) bond motifs is 1. The first-order valence-electron chi connectivity index (χ1n) is 11.8. The van der Waals surface area contributed by atoms with Gasteiger partial charge in [-0.15, -0.1) is 5.10 Å². The minimum absolute atomic E-state index is 0.0956. The Bertz CT molecular complexity index is 1490. The van der Waals surface area contributed by atoms with Crippen molar-refractivity contribution in [1.82, 2.24) is 29.3 Å². The molecule has 0 unspecified atom stereocenters. The van der Waals surface area contributed by atoms with E-state index < -0.39 is 0 Å². The minimum Gasteiger partial charge on any atom is -0.465 e. The summed E-state index contributed by atoms with van der Waals surface area (Å²) in [6, 6.07) is 20.0. The minimum atomic E-state index is -0.307. The molecule has 37 heavy (non-hydrogen) atoms. The molecule has 4 aromatic heterocycles. The van der Waals surface area contributed by atoms with E-state index in [2.05, 4.69) is 32.1 Å². The zero-order chi connectivity index (χ0) is 25.5. The largest absolute Gasteiger partial charge is 0.465 e. The quantitative estimate of drug-likeness (QED) is 0.205. The van der Waals surface area contributed by atoms with Crippen LogP contribution in [-0.4, -0.2) is 43.7 Å². The summed E-state index contributed by atoms with van der Waals surface area (Å²) in [5, 5.41) is 8.25. The summed E-state index contributed by atoms with van der Waals surface area (Å²) < 4.78 is 9.79. The zero-order valence-electron chi connectivity index (χ0n) is 20.2. The first kappa shape index (κ1) is 24.4. The molecule has 0 radical (unpaired) electrons. The Morgan fingerprint density at radius 1 is 1.05 bits per heavy atom. The van der Waals surface area contributed by atoms with E-state index in [4.69, 9.17) is 14.8 Å². The van der Waals surface area contributed by atoms with Crippen molar-refractivity contribution >= 4 is 29.3 Å². The number of hydrogen-bond acceptors (Lipinski definition) is 9. The van der Waals surface area contributed by atoms with E-state index in [9.17, 15) is 4.79 Å². The van der Waals surface area contributed by atoms with Gasteiger partial charge in [-0.3, -0.25) is 14.8 Å². The maximum Gasteiger partial charge on any atom is 0.320 e. The van der Waals surface area contributed by atoms with Crippen LogP contribution in [-0.2, 0) is 16.1 Å². The Balaban J connectivity index is 1.48. The highest BCUT2D eigenvalue weighted by Crippen LogP contribution is 2.31. The Morgan fingerprint density at radius 2 is 1.92 bits per heavy atom. The second-order valence-electron chi connectivity index (χ2n) is 7.98. The molecule has 0 bridgehead atoms. The smallest absolute Gasteiger partial charge is 0.320 e. The van der Waals surface area contributed by atoms with Crippen molar-refractivity contribution in [3.05, 3.63) is 91.1 Å². The number of nitrogens with zero attached hydrogens (tertiary/aromatic N) is 5. The molecule has 0 amide bonds. The molecule has 0 aliphatic heterocycles. The summed E-state index contributed by atoms with van der Waals surface area (Å²) in [4.78, 5) is 26.1. The van der Waals surface area contributed by atoms with E-state index in [1.807, 2.05) is 59.2 Å². The number of rotatable bonds is 10. The first-order valence-corrected chi connectivity index (χ1v) is 12.6. The summed E-state index contributed by atoms with van der Waals surface area (Å²) in [5.74, 6) is 0.905.